The molecule has 0 heterocycles. The van der Waals surface area contributed by atoms with Gasteiger partial charge >= 0.3 is 5.97 Å². The molecule has 1 unspecified atom stereocenters. The Hall–Kier alpha value is -1.58. The largest absolute Gasteiger partial charge is 0.469 e. The van der Waals surface area contributed by atoms with Gasteiger partial charge in [0.2, 0.25) is 0 Å². The Bertz CT molecular complexity index is 345. The molecule has 1 aromatic rings. The lowest BCUT2D eigenvalue weighted by molar-refractivity contribution is -0.140. The Kier molecular flexibility index (Phi) is 3.66. The molecule has 0 aliphatic rings. The molecule has 0 radical (unpaired) electrons. The van der Waals surface area contributed by atoms with Gasteiger partial charge in [-0.2, -0.15) is 0 Å². The molecule has 0 amide bonds. The van der Waals surface area contributed by atoms with Gasteiger partial charge in [-0.25, -0.2) is 4.39 Å². The van der Waals surface area contributed by atoms with Crippen molar-refractivity contribution >= 4 is 11.7 Å². The van der Waals surface area contributed by atoms with Gasteiger partial charge in [-0.15, -0.1) is 0 Å². The number of benzene rings is 1. The van der Waals surface area contributed by atoms with E-state index in [0.29, 0.717) is 11.3 Å². The van der Waals surface area contributed by atoms with E-state index in [1.165, 1.54) is 13.2 Å². The van der Waals surface area contributed by atoms with Crippen LogP contribution in [-0.4, -0.2) is 13.1 Å². The zero-order valence-electron chi connectivity index (χ0n) is 8.79. The van der Waals surface area contributed by atoms with Crippen molar-refractivity contribution in [3.05, 3.63) is 29.6 Å². The highest BCUT2D eigenvalue weighted by Gasteiger charge is 2.17. The summed E-state index contributed by atoms with van der Waals surface area (Å²) in [5.41, 5.74) is 6.39. The molecular formula is C11H14FNO2. The van der Waals surface area contributed by atoms with Gasteiger partial charge in [-0.3, -0.25) is 4.79 Å². The van der Waals surface area contributed by atoms with E-state index >= 15 is 0 Å². The number of carbonyl (C=O) groups is 1. The van der Waals surface area contributed by atoms with Crippen molar-refractivity contribution in [1.29, 1.82) is 0 Å². The van der Waals surface area contributed by atoms with Crippen LogP contribution in [0.4, 0.5) is 10.1 Å². The van der Waals surface area contributed by atoms with E-state index in [1.807, 2.05) is 0 Å². The molecule has 82 valence electrons. The number of nitrogens with two attached hydrogens (primary N) is 1. The average Bonchev–Trinajstić information content (AvgIpc) is 2.17. The second kappa shape index (κ2) is 4.77. The van der Waals surface area contributed by atoms with Gasteiger partial charge in [0, 0.05) is 11.3 Å². The summed E-state index contributed by atoms with van der Waals surface area (Å²) in [7, 11) is 1.31. The van der Waals surface area contributed by atoms with Crippen LogP contribution in [-0.2, 0) is 9.53 Å². The fourth-order valence-electron chi connectivity index (χ4n) is 1.51. The number of hydrogen-bond acceptors (Lipinski definition) is 3. The number of rotatable bonds is 3. The number of ether oxygens (including phenoxy) is 1. The predicted molar refractivity (Wildman–Crippen MR) is 55.9 cm³/mol. The minimum absolute atomic E-state index is 0.127. The van der Waals surface area contributed by atoms with E-state index in [1.54, 1.807) is 19.1 Å². The van der Waals surface area contributed by atoms with E-state index in [9.17, 15) is 9.18 Å². The minimum Gasteiger partial charge on any atom is -0.469 e. The van der Waals surface area contributed by atoms with Crippen molar-refractivity contribution in [2.24, 2.45) is 0 Å². The molecule has 0 saturated heterocycles. The molecular weight excluding hydrogens is 197 g/mol. The molecule has 3 nitrogen and oxygen atoms in total. The first-order valence-electron chi connectivity index (χ1n) is 4.67. The maximum Gasteiger partial charge on any atom is 0.306 e. The predicted octanol–water partition coefficient (Wildman–Crippen LogP) is 2.07. The number of carbonyl (C=O) groups excluding carboxylic acids is 1. The number of nitrogen functional groups attached to an aromatic ring is 1. The molecule has 0 aromatic heterocycles. The molecule has 4 heteroatoms. The van der Waals surface area contributed by atoms with Gasteiger partial charge in [0.05, 0.1) is 13.5 Å². The van der Waals surface area contributed by atoms with Crippen LogP contribution in [0.3, 0.4) is 0 Å². The van der Waals surface area contributed by atoms with Crippen LogP contribution in [0.15, 0.2) is 18.2 Å². The van der Waals surface area contributed by atoms with E-state index in [2.05, 4.69) is 4.74 Å². The SMILES string of the molecule is COC(=O)CC(C)c1c(N)cccc1F. The van der Waals surface area contributed by atoms with Crippen molar-refractivity contribution in [1.82, 2.24) is 0 Å². The third-order valence-electron chi connectivity index (χ3n) is 2.28. The minimum atomic E-state index is -0.383. The summed E-state index contributed by atoms with van der Waals surface area (Å²) in [4.78, 5) is 11.0. The highest BCUT2D eigenvalue weighted by molar-refractivity contribution is 5.71. The van der Waals surface area contributed by atoms with Crippen LogP contribution in [0, 0.1) is 5.82 Å². The van der Waals surface area contributed by atoms with Crippen LogP contribution in [0.25, 0.3) is 0 Å². The van der Waals surface area contributed by atoms with Crippen molar-refractivity contribution in [2.75, 3.05) is 12.8 Å². The lowest BCUT2D eigenvalue weighted by atomic mass is 9.96. The monoisotopic (exact) mass is 211 g/mol. The van der Waals surface area contributed by atoms with E-state index in [4.69, 9.17) is 5.73 Å². The van der Waals surface area contributed by atoms with Crippen LogP contribution >= 0.6 is 0 Å². The Morgan fingerprint density at radius 3 is 2.80 bits per heavy atom. The third kappa shape index (κ3) is 2.68. The van der Waals surface area contributed by atoms with Gasteiger partial charge in [0.1, 0.15) is 5.82 Å². The zero-order valence-corrected chi connectivity index (χ0v) is 8.79. The molecule has 2 N–H and O–H groups in total. The maximum absolute atomic E-state index is 13.4. The van der Waals surface area contributed by atoms with E-state index < -0.39 is 0 Å². The molecule has 0 saturated carbocycles. The Morgan fingerprint density at radius 1 is 1.60 bits per heavy atom. The van der Waals surface area contributed by atoms with Crippen LogP contribution in [0.5, 0.6) is 0 Å². The topological polar surface area (TPSA) is 52.3 Å². The lowest BCUT2D eigenvalue weighted by Crippen LogP contribution is -2.09. The summed E-state index contributed by atoms with van der Waals surface area (Å²) in [6.07, 6.45) is 0.127. The van der Waals surface area contributed by atoms with Crippen LogP contribution < -0.4 is 5.73 Å². The Morgan fingerprint density at radius 2 is 2.27 bits per heavy atom. The van der Waals surface area contributed by atoms with E-state index in [0.717, 1.165) is 0 Å². The van der Waals surface area contributed by atoms with E-state index in [-0.39, 0.29) is 24.1 Å². The lowest BCUT2D eigenvalue weighted by Gasteiger charge is -2.13. The molecule has 0 aliphatic heterocycles. The van der Waals surface area contributed by atoms with Gasteiger partial charge in [-0.1, -0.05) is 13.0 Å². The van der Waals surface area contributed by atoms with Gasteiger partial charge in [0.25, 0.3) is 0 Å². The first-order chi connectivity index (χ1) is 7.06. The molecule has 0 bridgehead atoms. The summed E-state index contributed by atoms with van der Waals surface area (Å²) in [6.45, 7) is 1.74. The Labute approximate surface area is 88.0 Å². The fourth-order valence-corrected chi connectivity index (χ4v) is 1.51. The fraction of sp³-hybridized carbons (Fsp3) is 0.364. The number of hydrogen-bond donors (Lipinski definition) is 1. The quantitative estimate of drug-likeness (QED) is 0.615. The molecule has 1 rings (SSSR count). The number of esters is 1. The smallest absolute Gasteiger partial charge is 0.306 e. The third-order valence-corrected chi connectivity index (χ3v) is 2.28. The van der Waals surface area contributed by atoms with Crippen molar-refractivity contribution in [3.8, 4) is 0 Å². The van der Waals surface area contributed by atoms with Gasteiger partial charge in [0.15, 0.2) is 0 Å². The van der Waals surface area contributed by atoms with Crippen molar-refractivity contribution in [3.63, 3.8) is 0 Å². The Balaban J connectivity index is 2.90. The summed E-state index contributed by atoms with van der Waals surface area (Å²) in [5.74, 6) is -1.03. The molecule has 1 aromatic carbocycles. The normalized spacial score (nSPS) is 12.2. The second-order valence-electron chi connectivity index (χ2n) is 3.42. The van der Waals surface area contributed by atoms with Crippen molar-refractivity contribution < 1.29 is 13.9 Å². The summed E-state index contributed by atoms with van der Waals surface area (Å²) < 4.78 is 17.9. The van der Waals surface area contributed by atoms with Gasteiger partial charge in [-0.05, 0) is 18.1 Å². The molecule has 0 aliphatic carbocycles. The molecule has 0 spiro atoms. The van der Waals surface area contributed by atoms with Crippen LogP contribution in [0.1, 0.15) is 24.8 Å². The summed E-state index contributed by atoms with van der Waals surface area (Å²) >= 11 is 0. The first kappa shape index (κ1) is 11.5. The molecule has 0 fully saturated rings. The average molecular weight is 211 g/mol. The van der Waals surface area contributed by atoms with Crippen LogP contribution in [0.2, 0.25) is 0 Å². The molecule has 15 heavy (non-hydrogen) atoms. The standard InChI is InChI=1S/C11H14FNO2/c1-7(6-10(14)15-2)11-8(12)4-3-5-9(11)13/h3-5,7H,6,13H2,1-2H3. The second-order valence-corrected chi connectivity index (χ2v) is 3.42. The maximum atomic E-state index is 13.4. The van der Waals surface area contributed by atoms with Crippen molar-refractivity contribution in [2.45, 2.75) is 19.3 Å². The zero-order chi connectivity index (χ0) is 11.4. The summed E-state index contributed by atoms with van der Waals surface area (Å²) in [5, 5.41) is 0. The number of methoxy groups -OCH3 is 1. The number of anilines is 1. The molecule has 1 atom stereocenters. The summed E-state index contributed by atoms with van der Waals surface area (Å²) in [6, 6.07) is 4.49. The highest BCUT2D eigenvalue weighted by Crippen LogP contribution is 2.27. The first-order valence-corrected chi connectivity index (χ1v) is 4.67. The number of halogens is 1. The van der Waals surface area contributed by atoms with Gasteiger partial charge < -0.3 is 10.5 Å². The highest BCUT2D eigenvalue weighted by atomic mass is 19.1.